The topological polar surface area (TPSA) is 106 Å². The molecule has 4 rings (SSSR count). The lowest BCUT2D eigenvalue weighted by molar-refractivity contribution is -0.117. The van der Waals surface area contributed by atoms with E-state index in [9.17, 15) is 14.1 Å². The molecule has 1 amide bonds. The molecule has 3 N–H and O–H groups in total. The molecule has 0 aliphatic heterocycles. The molecule has 1 atom stereocenters. The van der Waals surface area contributed by atoms with Crippen LogP contribution in [0.4, 0.5) is 0 Å². The lowest BCUT2D eigenvalue weighted by Crippen LogP contribution is -2.16. The van der Waals surface area contributed by atoms with Crippen LogP contribution in [0.15, 0.2) is 69.4 Å². The summed E-state index contributed by atoms with van der Waals surface area (Å²) in [6.07, 6.45) is 1.33. The van der Waals surface area contributed by atoms with E-state index in [-0.39, 0.29) is 22.5 Å². The molecule has 0 fully saturated rings. The van der Waals surface area contributed by atoms with Crippen LogP contribution in [0.3, 0.4) is 0 Å². The summed E-state index contributed by atoms with van der Waals surface area (Å²) in [4.78, 5) is 17.3. The third kappa shape index (κ3) is 6.04. The van der Waals surface area contributed by atoms with Gasteiger partial charge >= 0.3 is 0 Å². The largest absolute Gasteiger partial charge is 0.383 e. The van der Waals surface area contributed by atoms with Crippen molar-refractivity contribution in [3.05, 3.63) is 82.5 Å². The summed E-state index contributed by atoms with van der Waals surface area (Å²) in [6.45, 7) is 11.6. The molecule has 200 valence electrons. The Balaban J connectivity index is 1.75. The highest BCUT2D eigenvalue weighted by Crippen LogP contribution is 2.35. The minimum Gasteiger partial charge on any atom is -0.383 e. The highest BCUT2D eigenvalue weighted by Gasteiger charge is 2.24. The number of carbonyl (C=O) groups excluding carboxylic acids is 1. The molecule has 0 aliphatic carbocycles. The van der Waals surface area contributed by atoms with Gasteiger partial charge in [-0.2, -0.15) is 0 Å². The molecule has 1 heterocycles. The predicted octanol–water partition coefficient (Wildman–Crippen LogP) is 6.91. The normalized spacial score (nSPS) is 13.7. The Kier molecular flexibility index (Phi) is 7.91. The maximum Gasteiger partial charge on any atom is 0.259 e. The zero-order chi connectivity index (χ0) is 27.8. The Morgan fingerprint density at radius 3 is 2.16 bits per heavy atom. The van der Waals surface area contributed by atoms with Crippen molar-refractivity contribution in [2.75, 3.05) is 0 Å². The summed E-state index contributed by atoms with van der Waals surface area (Å²) < 4.78 is 17.3. The number of thiazole rings is 1. The molecule has 0 saturated heterocycles. The molecule has 0 radical (unpaired) electrons. The van der Waals surface area contributed by atoms with Gasteiger partial charge in [-0.3, -0.25) is 4.79 Å². The Labute approximate surface area is 229 Å². The zero-order valence-electron chi connectivity index (χ0n) is 22.7. The van der Waals surface area contributed by atoms with Gasteiger partial charge in [0.1, 0.15) is 14.8 Å². The van der Waals surface area contributed by atoms with Gasteiger partial charge in [0.05, 0.1) is 12.6 Å². The molecule has 8 heteroatoms. The van der Waals surface area contributed by atoms with Gasteiger partial charge in [-0.05, 0) is 70.3 Å². The zero-order valence-corrected chi connectivity index (χ0v) is 24.3. The monoisotopic (exact) mass is 549 g/mol. The van der Waals surface area contributed by atoms with E-state index in [1.807, 2.05) is 12.1 Å². The van der Waals surface area contributed by atoms with E-state index in [1.54, 1.807) is 13.8 Å². The first kappa shape index (κ1) is 28.1. The Morgan fingerprint density at radius 1 is 1.00 bits per heavy atom. The molecule has 0 spiro atoms. The lowest BCUT2D eigenvalue weighted by atomic mass is 9.83. The van der Waals surface area contributed by atoms with Crippen LogP contribution < -0.4 is 5.14 Å². The highest BCUT2D eigenvalue weighted by molar-refractivity contribution is 7.93. The van der Waals surface area contributed by atoms with Crippen LogP contribution in [0, 0.1) is 0 Å². The van der Waals surface area contributed by atoms with Crippen LogP contribution in [-0.4, -0.2) is 20.2 Å². The maximum atomic E-state index is 13.2. The van der Waals surface area contributed by atoms with Crippen molar-refractivity contribution in [3.63, 3.8) is 0 Å². The van der Waals surface area contributed by atoms with E-state index in [0.29, 0.717) is 5.01 Å². The van der Waals surface area contributed by atoms with Gasteiger partial charge in [0.2, 0.25) is 0 Å². The fraction of sp³-hybridized carbons (Fsp3) is 0.333. The van der Waals surface area contributed by atoms with Gasteiger partial charge in [-0.1, -0.05) is 76.2 Å². The molecule has 1 aromatic heterocycles. The van der Waals surface area contributed by atoms with Gasteiger partial charge in [0.15, 0.2) is 9.92 Å². The van der Waals surface area contributed by atoms with E-state index in [4.69, 9.17) is 5.14 Å². The molecule has 0 bridgehead atoms. The van der Waals surface area contributed by atoms with Crippen molar-refractivity contribution in [1.82, 2.24) is 4.98 Å². The summed E-state index contributed by atoms with van der Waals surface area (Å²) in [7, 11) is -3.49. The number of nitrogens with two attached hydrogens (primary N) is 1. The predicted molar refractivity (Wildman–Crippen MR) is 157 cm³/mol. The fourth-order valence-electron chi connectivity index (χ4n) is 4.54. The van der Waals surface area contributed by atoms with Gasteiger partial charge in [-0.25, -0.2) is 14.3 Å². The number of nitrogens with zero attached hydrogens (tertiary/aromatic N) is 2. The van der Waals surface area contributed by atoms with Crippen LogP contribution in [0.1, 0.15) is 75.1 Å². The minimum absolute atomic E-state index is 0.00434. The number of hydrogen-bond acceptors (Lipinski definition) is 5. The molecule has 38 heavy (non-hydrogen) atoms. The first-order chi connectivity index (χ1) is 17.8. The first-order valence-corrected chi connectivity index (χ1v) is 15.1. The molecule has 4 aromatic rings. The van der Waals surface area contributed by atoms with Crippen LogP contribution in [0.2, 0.25) is 0 Å². The molecule has 3 aromatic carbocycles. The number of aliphatic hydroxyl groups is 1. The second-order valence-corrected chi connectivity index (χ2v) is 13.8. The smallest absolute Gasteiger partial charge is 0.259 e. The van der Waals surface area contributed by atoms with Crippen LogP contribution in [-0.2, 0) is 26.7 Å². The first-order valence-electron chi connectivity index (χ1n) is 12.7. The second kappa shape index (κ2) is 10.7. The average Bonchev–Trinajstić information content (AvgIpc) is 3.35. The number of hydrogen-bond donors (Lipinski definition) is 2. The van der Waals surface area contributed by atoms with E-state index < -0.39 is 21.4 Å². The quantitative estimate of drug-likeness (QED) is 0.261. The van der Waals surface area contributed by atoms with Crippen molar-refractivity contribution in [1.29, 1.82) is 0 Å². The SMILES string of the molecule is CC(C)c1cc(-c2ccc3ccccc3c2)cc(C(C)C)c1CC(=O)N=S(N)(=O)c1cnc(C(C)(C)O)s1. The standard InChI is InChI=1S/C30H35N3O3S2/c1-18(2)24-14-23(22-12-11-20-9-7-8-10-21(20)13-22)15-25(19(3)4)26(24)16-27(34)33-38(31,36)28-17-32-29(37-28)30(5,6)35/h7-15,17-19,35H,16H2,1-6H3,(H2,31,33,34,36). The molecule has 1 unspecified atom stereocenters. The van der Waals surface area contributed by atoms with Gasteiger partial charge in [0.25, 0.3) is 5.91 Å². The van der Waals surface area contributed by atoms with E-state index in [1.165, 1.54) is 17.0 Å². The Morgan fingerprint density at radius 2 is 1.61 bits per heavy atom. The lowest BCUT2D eigenvalue weighted by Gasteiger charge is -2.21. The molecule has 0 aliphatic rings. The summed E-state index contributed by atoms with van der Waals surface area (Å²) in [5, 5.41) is 18.9. The summed E-state index contributed by atoms with van der Waals surface area (Å²) in [5.74, 6) is -0.222. The third-order valence-corrected chi connectivity index (χ3v) is 9.74. The van der Waals surface area contributed by atoms with Crippen molar-refractivity contribution in [2.45, 2.75) is 69.6 Å². The van der Waals surface area contributed by atoms with Gasteiger partial charge in [-0.15, -0.1) is 15.7 Å². The van der Waals surface area contributed by atoms with Crippen molar-refractivity contribution >= 4 is 37.9 Å². The highest BCUT2D eigenvalue weighted by atomic mass is 32.2. The number of rotatable bonds is 7. The number of amides is 1. The average molecular weight is 550 g/mol. The fourth-order valence-corrected chi connectivity index (χ4v) is 6.68. The maximum absolute atomic E-state index is 13.2. The van der Waals surface area contributed by atoms with Crippen LogP contribution in [0.5, 0.6) is 0 Å². The summed E-state index contributed by atoms with van der Waals surface area (Å²) >= 11 is 1.00. The minimum atomic E-state index is -3.49. The van der Waals surface area contributed by atoms with Crippen LogP contribution in [0.25, 0.3) is 21.9 Å². The van der Waals surface area contributed by atoms with Crippen molar-refractivity contribution in [3.8, 4) is 11.1 Å². The number of benzene rings is 3. The van der Waals surface area contributed by atoms with Gasteiger partial charge in [0, 0.05) is 0 Å². The molecular weight excluding hydrogens is 514 g/mol. The Hall–Kier alpha value is -2.91. The number of fused-ring (bicyclic) bond motifs is 1. The third-order valence-electron chi connectivity index (χ3n) is 6.51. The summed E-state index contributed by atoms with van der Waals surface area (Å²) in [5.41, 5.74) is 4.05. The van der Waals surface area contributed by atoms with Crippen molar-refractivity contribution in [2.24, 2.45) is 9.50 Å². The Bertz CT molecular complexity index is 1590. The van der Waals surface area contributed by atoms with Crippen LogP contribution >= 0.6 is 11.3 Å². The number of aromatic nitrogens is 1. The second-order valence-electron chi connectivity index (χ2n) is 10.8. The van der Waals surface area contributed by atoms with Crippen molar-refractivity contribution < 1.29 is 14.1 Å². The van der Waals surface area contributed by atoms with E-state index >= 15 is 0 Å². The van der Waals surface area contributed by atoms with E-state index in [0.717, 1.165) is 39.2 Å². The number of carbonyl (C=O) groups is 1. The molecular formula is C30H35N3O3S2. The van der Waals surface area contributed by atoms with Gasteiger partial charge < -0.3 is 5.11 Å². The summed E-state index contributed by atoms with van der Waals surface area (Å²) in [6, 6.07) is 19.0. The van der Waals surface area contributed by atoms with E-state index in [2.05, 4.69) is 79.5 Å². The molecule has 0 saturated carbocycles. The molecule has 6 nitrogen and oxygen atoms in total.